The van der Waals surface area contributed by atoms with Crippen LogP contribution in [0.4, 0.5) is 11.6 Å². The number of hydrogen-bond donors (Lipinski definition) is 2. The summed E-state index contributed by atoms with van der Waals surface area (Å²) in [6.45, 7) is 13.0. The molecule has 2 rings (SSSR count). The van der Waals surface area contributed by atoms with Crippen LogP contribution in [0.25, 0.3) is 0 Å². The molecule has 1 aromatic rings. The lowest BCUT2D eigenvalue weighted by molar-refractivity contribution is 0.0344. The maximum atomic E-state index is 9.90. The average molecular weight is 293 g/mol. The molecule has 0 saturated carbocycles. The van der Waals surface area contributed by atoms with E-state index in [2.05, 4.69) is 32.0 Å². The number of hydrogen-bond acceptors (Lipinski definition) is 6. The van der Waals surface area contributed by atoms with Gasteiger partial charge in [0.1, 0.15) is 17.5 Å². The topological polar surface area (TPSA) is 64.5 Å². The normalized spacial score (nSPS) is 17.1. The van der Waals surface area contributed by atoms with Gasteiger partial charge in [-0.2, -0.15) is 0 Å². The van der Waals surface area contributed by atoms with Gasteiger partial charge in [0.15, 0.2) is 0 Å². The molecule has 1 saturated heterocycles. The molecule has 0 radical (unpaired) electrons. The standard InChI is InChI=1S/C15H27N5O/c1-5-16-13-10-14(18-12(2)17-13)20-8-6-19(7-9-20)11-15(3,4)21/h10,21H,5-9,11H2,1-4H3,(H,16,17,18). The third-order valence-electron chi connectivity index (χ3n) is 3.49. The number of anilines is 2. The van der Waals surface area contributed by atoms with Gasteiger partial charge in [-0.15, -0.1) is 0 Å². The van der Waals surface area contributed by atoms with E-state index >= 15 is 0 Å². The molecular weight excluding hydrogens is 266 g/mol. The van der Waals surface area contributed by atoms with E-state index in [1.165, 1.54) is 0 Å². The van der Waals surface area contributed by atoms with Crippen molar-refractivity contribution in [3.63, 3.8) is 0 Å². The number of nitrogens with zero attached hydrogens (tertiary/aromatic N) is 4. The minimum Gasteiger partial charge on any atom is -0.389 e. The van der Waals surface area contributed by atoms with Crippen LogP contribution in [-0.4, -0.2) is 64.8 Å². The SMILES string of the molecule is CCNc1cc(N2CCN(CC(C)(C)O)CC2)nc(C)n1. The summed E-state index contributed by atoms with van der Waals surface area (Å²) in [4.78, 5) is 13.5. The Balaban J connectivity index is 1.98. The lowest BCUT2D eigenvalue weighted by atomic mass is 10.1. The van der Waals surface area contributed by atoms with Crippen LogP contribution in [-0.2, 0) is 0 Å². The Labute approximate surface area is 127 Å². The van der Waals surface area contributed by atoms with Crippen molar-refractivity contribution in [1.82, 2.24) is 14.9 Å². The van der Waals surface area contributed by atoms with Crippen molar-refractivity contribution < 1.29 is 5.11 Å². The fraction of sp³-hybridized carbons (Fsp3) is 0.733. The van der Waals surface area contributed by atoms with Gasteiger partial charge in [-0.3, -0.25) is 4.90 Å². The van der Waals surface area contributed by atoms with Crippen LogP contribution >= 0.6 is 0 Å². The summed E-state index contributed by atoms with van der Waals surface area (Å²) < 4.78 is 0. The summed E-state index contributed by atoms with van der Waals surface area (Å²) in [5.41, 5.74) is -0.633. The van der Waals surface area contributed by atoms with Crippen LogP contribution < -0.4 is 10.2 Å². The first-order chi connectivity index (χ1) is 9.87. The van der Waals surface area contributed by atoms with Crippen LogP contribution in [0.5, 0.6) is 0 Å². The van der Waals surface area contributed by atoms with Crippen LogP contribution in [0.15, 0.2) is 6.07 Å². The molecule has 6 nitrogen and oxygen atoms in total. The van der Waals surface area contributed by atoms with Gasteiger partial charge in [0, 0.05) is 45.3 Å². The molecule has 21 heavy (non-hydrogen) atoms. The van der Waals surface area contributed by atoms with Crippen molar-refractivity contribution in [3.8, 4) is 0 Å². The smallest absolute Gasteiger partial charge is 0.134 e. The maximum absolute atomic E-state index is 9.90. The van der Waals surface area contributed by atoms with E-state index in [1.807, 2.05) is 26.8 Å². The van der Waals surface area contributed by atoms with Crippen molar-refractivity contribution >= 4 is 11.6 Å². The van der Waals surface area contributed by atoms with Gasteiger partial charge in [0.05, 0.1) is 5.60 Å². The molecular formula is C15H27N5O. The molecule has 2 N–H and O–H groups in total. The molecule has 1 aromatic heterocycles. The van der Waals surface area contributed by atoms with Gasteiger partial charge in [-0.1, -0.05) is 0 Å². The van der Waals surface area contributed by atoms with Gasteiger partial charge in [-0.05, 0) is 27.7 Å². The van der Waals surface area contributed by atoms with Gasteiger partial charge in [-0.25, -0.2) is 9.97 Å². The van der Waals surface area contributed by atoms with Crippen molar-refractivity contribution in [3.05, 3.63) is 11.9 Å². The maximum Gasteiger partial charge on any atom is 0.134 e. The van der Waals surface area contributed by atoms with Gasteiger partial charge in [0.25, 0.3) is 0 Å². The van der Waals surface area contributed by atoms with Crippen LogP contribution in [0.1, 0.15) is 26.6 Å². The Morgan fingerprint density at radius 3 is 2.48 bits per heavy atom. The molecule has 1 aliphatic heterocycles. The molecule has 0 bridgehead atoms. The molecule has 1 aliphatic rings. The summed E-state index contributed by atoms with van der Waals surface area (Å²) in [5.74, 6) is 2.67. The zero-order valence-electron chi connectivity index (χ0n) is 13.6. The molecule has 0 atom stereocenters. The first kappa shape index (κ1) is 16.0. The van der Waals surface area contributed by atoms with E-state index in [0.29, 0.717) is 6.54 Å². The number of rotatable bonds is 5. The molecule has 1 fully saturated rings. The summed E-state index contributed by atoms with van der Waals surface area (Å²) in [5, 5.41) is 13.1. The first-order valence-corrected chi connectivity index (χ1v) is 7.66. The van der Waals surface area contributed by atoms with Crippen molar-refractivity contribution in [2.45, 2.75) is 33.3 Å². The summed E-state index contributed by atoms with van der Waals surface area (Å²) in [6, 6.07) is 2.02. The van der Waals surface area contributed by atoms with Crippen LogP contribution in [0, 0.1) is 6.92 Å². The number of piperazine rings is 1. The van der Waals surface area contributed by atoms with E-state index in [1.54, 1.807) is 0 Å². The summed E-state index contributed by atoms with van der Waals surface area (Å²) >= 11 is 0. The van der Waals surface area contributed by atoms with Crippen molar-refractivity contribution in [1.29, 1.82) is 0 Å². The average Bonchev–Trinajstić information content (AvgIpc) is 2.37. The highest BCUT2D eigenvalue weighted by Gasteiger charge is 2.23. The van der Waals surface area contributed by atoms with Crippen molar-refractivity contribution in [2.24, 2.45) is 0 Å². The number of nitrogens with one attached hydrogen (secondary N) is 1. The third-order valence-corrected chi connectivity index (χ3v) is 3.49. The molecule has 0 spiro atoms. The Bertz CT molecular complexity index is 464. The Kier molecular flexibility index (Phi) is 5.00. The molecule has 118 valence electrons. The van der Waals surface area contributed by atoms with Gasteiger partial charge >= 0.3 is 0 Å². The lowest BCUT2D eigenvalue weighted by Gasteiger charge is -2.37. The molecule has 6 heteroatoms. The number of aliphatic hydroxyl groups is 1. The highest BCUT2D eigenvalue weighted by atomic mass is 16.3. The van der Waals surface area contributed by atoms with E-state index in [0.717, 1.165) is 50.2 Å². The lowest BCUT2D eigenvalue weighted by Crippen LogP contribution is -2.50. The Morgan fingerprint density at radius 1 is 1.24 bits per heavy atom. The molecule has 0 amide bonds. The first-order valence-electron chi connectivity index (χ1n) is 7.66. The minimum atomic E-state index is -0.633. The van der Waals surface area contributed by atoms with E-state index < -0.39 is 5.60 Å². The fourth-order valence-electron chi connectivity index (χ4n) is 2.67. The predicted molar refractivity (Wildman–Crippen MR) is 85.9 cm³/mol. The highest BCUT2D eigenvalue weighted by Crippen LogP contribution is 2.18. The van der Waals surface area contributed by atoms with E-state index in [4.69, 9.17) is 0 Å². The van der Waals surface area contributed by atoms with Crippen LogP contribution in [0.3, 0.4) is 0 Å². The third kappa shape index (κ3) is 4.82. The second-order valence-electron chi connectivity index (χ2n) is 6.26. The highest BCUT2D eigenvalue weighted by molar-refractivity contribution is 5.49. The second-order valence-corrected chi connectivity index (χ2v) is 6.26. The molecule has 0 unspecified atom stereocenters. The zero-order valence-corrected chi connectivity index (χ0v) is 13.6. The molecule has 0 aliphatic carbocycles. The number of aromatic nitrogens is 2. The monoisotopic (exact) mass is 293 g/mol. The molecule has 0 aromatic carbocycles. The fourth-order valence-corrected chi connectivity index (χ4v) is 2.67. The Hall–Kier alpha value is -1.40. The van der Waals surface area contributed by atoms with E-state index in [-0.39, 0.29) is 0 Å². The second kappa shape index (κ2) is 6.58. The zero-order chi connectivity index (χ0) is 15.5. The van der Waals surface area contributed by atoms with Gasteiger partial charge in [0.2, 0.25) is 0 Å². The largest absolute Gasteiger partial charge is 0.389 e. The molecule has 2 heterocycles. The summed E-state index contributed by atoms with van der Waals surface area (Å²) in [7, 11) is 0. The number of aryl methyl sites for hydroxylation is 1. The quantitative estimate of drug-likeness (QED) is 0.848. The summed E-state index contributed by atoms with van der Waals surface area (Å²) in [6.07, 6.45) is 0. The Morgan fingerprint density at radius 2 is 1.90 bits per heavy atom. The van der Waals surface area contributed by atoms with Crippen molar-refractivity contribution in [2.75, 3.05) is 49.5 Å². The minimum absolute atomic E-state index is 0.633. The van der Waals surface area contributed by atoms with Gasteiger partial charge < -0.3 is 15.3 Å². The van der Waals surface area contributed by atoms with Crippen LogP contribution in [0.2, 0.25) is 0 Å². The number of β-amino-alcohol motifs (C(OH)–C–C–N with tert-alkyl or cyclic N) is 1. The van der Waals surface area contributed by atoms with E-state index in [9.17, 15) is 5.11 Å². The predicted octanol–water partition coefficient (Wildman–Crippen LogP) is 1.11.